The molecular weight excluding hydrogens is 343 g/mol. The molecule has 5 N–H and O–H groups in total. The molecule has 3 aromatic rings. The number of hydrogen-bond acceptors (Lipinski definition) is 4. The van der Waals surface area contributed by atoms with Gasteiger partial charge in [-0.25, -0.2) is 4.39 Å². The molecule has 0 aromatic heterocycles. The minimum Gasteiger partial charge on any atom is -0.398 e. The Morgan fingerprint density at radius 2 is 1.70 bits per heavy atom. The highest BCUT2D eigenvalue weighted by atomic mass is 19.1. The first-order chi connectivity index (χ1) is 13.1. The van der Waals surface area contributed by atoms with Gasteiger partial charge in [-0.2, -0.15) is 0 Å². The van der Waals surface area contributed by atoms with Crippen LogP contribution in [0.3, 0.4) is 0 Å². The molecule has 0 spiro atoms. The van der Waals surface area contributed by atoms with Gasteiger partial charge in [0.15, 0.2) is 0 Å². The van der Waals surface area contributed by atoms with Crippen LogP contribution in [0.4, 0.5) is 21.5 Å². The maximum atomic E-state index is 13.8. The van der Waals surface area contributed by atoms with Crippen molar-refractivity contribution in [1.29, 1.82) is 0 Å². The average molecular weight is 364 g/mol. The third-order valence-electron chi connectivity index (χ3n) is 4.15. The number of hydrogen-bond donors (Lipinski definition) is 4. The second-order valence-electron chi connectivity index (χ2n) is 6.01. The van der Waals surface area contributed by atoms with E-state index in [0.717, 1.165) is 5.56 Å². The summed E-state index contributed by atoms with van der Waals surface area (Å²) >= 11 is 0. The number of nitrogen functional groups attached to an aromatic ring is 1. The lowest BCUT2D eigenvalue weighted by Crippen LogP contribution is -2.36. The number of carbonyl (C=O) groups is 1. The predicted octanol–water partition coefficient (Wildman–Crippen LogP) is 3.80. The lowest BCUT2D eigenvalue weighted by atomic mass is 10.1. The Balaban J connectivity index is 1.77. The molecule has 27 heavy (non-hydrogen) atoms. The minimum atomic E-state index is -0.458. The number of halogens is 1. The topological polar surface area (TPSA) is 79.2 Å². The van der Waals surface area contributed by atoms with E-state index in [1.165, 1.54) is 6.07 Å². The molecule has 0 saturated carbocycles. The van der Waals surface area contributed by atoms with Gasteiger partial charge in [0.25, 0.3) is 5.91 Å². The highest BCUT2D eigenvalue weighted by Crippen LogP contribution is 2.26. The van der Waals surface area contributed by atoms with Gasteiger partial charge in [-0.15, -0.1) is 0 Å². The third kappa shape index (κ3) is 4.43. The molecule has 0 heterocycles. The molecule has 3 aromatic carbocycles. The molecule has 0 aliphatic heterocycles. The SMILES string of the molecule is CNC(NC(=O)c1ccccc1)c1ccc(Nc2ccccc2F)cc1N. The number of anilines is 3. The van der Waals surface area contributed by atoms with Gasteiger partial charge in [0.1, 0.15) is 12.0 Å². The number of carbonyl (C=O) groups excluding carboxylic acids is 1. The fourth-order valence-corrected chi connectivity index (χ4v) is 2.74. The van der Waals surface area contributed by atoms with E-state index in [2.05, 4.69) is 16.0 Å². The van der Waals surface area contributed by atoms with Crippen molar-refractivity contribution in [3.63, 3.8) is 0 Å². The summed E-state index contributed by atoms with van der Waals surface area (Å²) in [5.41, 5.74) is 8.97. The Morgan fingerprint density at radius 3 is 2.37 bits per heavy atom. The van der Waals surface area contributed by atoms with Crippen LogP contribution in [0.1, 0.15) is 22.1 Å². The molecule has 1 unspecified atom stereocenters. The molecule has 0 radical (unpaired) electrons. The van der Waals surface area contributed by atoms with E-state index in [1.807, 2.05) is 6.07 Å². The van der Waals surface area contributed by atoms with E-state index in [1.54, 1.807) is 67.7 Å². The van der Waals surface area contributed by atoms with Gasteiger partial charge in [0, 0.05) is 22.5 Å². The van der Waals surface area contributed by atoms with Crippen molar-refractivity contribution >= 4 is 23.0 Å². The summed E-state index contributed by atoms with van der Waals surface area (Å²) in [5.74, 6) is -0.550. The average Bonchev–Trinajstić information content (AvgIpc) is 2.69. The Morgan fingerprint density at radius 1 is 1.00 bits per heavy atom. The summed E-state index contributed by atoms with van der Waals surface area (Å²) in [6.45, 7) is 0. The first kappa shape index (κ1) is 18.4. The van der Waals surface area contributed by atoms with Crippen molar-refractivity contribution < 1.29 is 9.18 Å². The van der Waals surface area contributed by atoms with Gasteiger partial charge < -0.3 is 16.4 Å². The third-order valence-corrected chi connectivity index (χ3v) is 4.15. The van der Waals surface area contributed by atoms with Crippen LogP contribution in [-0.4, -0.2) is 13.0 Å². The van der Waals surface area contributed by atoms with Crippen molar-refractivity contribution in [2.45, 2.75) is 6.17 Å². The number of amides is 1. The normalized spacial score (nSPS) is 11.6. The number of nitrogens with two attached hydrogens (primary N) is 1. The van der Waals surface area contributed by atoms with Crippen molar-refractivity contribution in [2.75, 3.05) is 18.1 Å². The van der Waals surface area contributed by atoms with Crippen molar-refractivity contribution in [3.8, 4) is 0 Å². The van der Waals surface area contributed by atoms with Crippen LogP contribution in [0.15, 0.2) is 72.8 Å². The standard InChI is InChI=1S/C21H21FN4O/c1-24-20(26-21(27)14-7-3-2-4-8-14)16-12-11-15(13-18(16)23)25-19-10-6-5-9-17(19)22/h2-13,20,24-25H,23H2,1H3,(H,26,27). The van der Waals surface area contributed by atoms with E-state index in [9.17, 15) is 9.18 Å². The van der Waals surface area contributed by atoms with Gasteiger partial charge >= 0.3 is 0 Å². The number of para-hydroxylation sites is 1. The van der Waals surface area contributed by atoms with Gasteiger partial charge in [0.05, 0.1) is 5.69 Å². The lowest BCUT2D eigenvalue weighted by molar-refractivity contribution is 0.0931. The van der Waals surface area contributed by atoms with Crippen LogP contribution in [0, 0.1) is 5.82 Å². The van der Waals surface area contributed by atoms with Crippen molar-refractivity contribution in [2.24, 2.45) is 0 Å². The molecule has 0 aliphatic rings. The van der Waals surface area contributed by atoms with E-state index in [4.69, 9.17) is 5.73 Å². The fraction of sp³-hybridized carbons (Fsp3) is 0.0952. The van der Waals surface area contributed by atoms with Gasteiger partial charge in [-0.3, -0.25) is 10.1 Å². The Labute approximate surface area is 157 Å². The Bertz CT molecular complexity index is 930. The minimum absolute atomic E-state index is 0.206. The molecule has 0 fully saturated rings. The van der Waals surface area contributed by atoms with Crippen LogP contribution < -0.4 is 21.7 Å². The molecule has 1 atom stereocenters. The van der Waals surface area contributed by atoms with Crippen LogP contribution >= 0.6 is 0 Å². The first-order valence-corrected chi connectivity index (χ1v) is 8.52. The molecule has 6 heteroatoms. The highest BCUT2D eigenvalue weighted by molar-refractivity contribution is 5.94. The van der Waals surface area contributed by atoms with E-state index < -0.39 is 6.17 Å². The van der Waals surface area contributed by atoms with Crippen LogP contribution in [0.2, 0.25) is 0 Å². The number of benzene rings is 3. The smallest absolute Gasteiger partial charge is 0.252 e. The van der Waals surface area contributed by atoms with E-state index in [0.29, 0.717) is 22.6 Å². The lowest BCUT2D eigenvalue weighted by Gasteiger charge is -2.21. The molecular formula is C21H21FN4O. The quantitative estimate of drug-likeness (QED) is 0.396. The van der Waals surface area contributed by atoms with E-state index >= 15 is 0 Å². The number of nitrogens with one attached hydrogen (secondary N) is 3. The van der Waals surface area contributed by atoms with Gasteiger partial charge in [-0.1, -0.05) is 36.4 Å². The maximum Gasteiger partial charge on any atom is 0.252 e. The van der Waals surface area contributed by atoms with E-state index in [-0.39, 0.29) is 11.7 Å². The molecule has 0 bridgehead atoms. The summed E-state index contributed by atoms with van der Waals surface area (Å²) in [6.07, 6.45) is -0.458. The van der Waals surface area contributed by atoms with Crippen molar-refractivity contribution in [3.05, 3.63) is 89.7 Å². The van der Waals surface area contributed by atoms with Gasteiger partial charge in [-0.05, 0) is 43.4 Å². The van der Waals surface area contributed by atoms with Crippen molar-refractivity contribution in [1.82, 2.24) is 10.6 Å². The largest absolute Gasteiger partial charge is 0.398 e. The molecule has 138 valence electrons. The Hall–Kier alpha value is -3.38. The zero-order valence-corrected chi connectivity index (χ0v) is 14.9. The zero-order valence-electron chi connectivity index (χ0n) is 14.9. The summed E-state index contributed by atoms with van der Waals surface area (Å²) < 4.78 is 13.8. The molecule has 3 rings (SSSR count). The molecule has 0 aliphatic carbocycles. The monoisotopic (exact) mass is 364 g/mol. The Kier molecular flexibility index (Phi) is 5.68. The summed E-state index contributed by atoms with van der Waals surface area (Å²) in [7, 11) is 1.74. The molecule has 0 saturated heterocycles. The van der Waals surface area contributed by atoms with Crippen LogP contribution in [0.5, 0.6) is 0 Å². The second kappa shape index (κ2) is 8.33. The molecule has 5 nitrogen and oxygen atoms in total. The van der Waals surface area contributed by atoms with Crippen LogP contribution in [0.25, 0.3) is 0 Å². The maximum absolute atomic E-state index is 13.8. The zero-order chi connectivity index (χ0) is 19.2. The number of rotatable bonds is 6. The summed E-state index contributed by atoms with van der Waals surface area (Å²) in [6, 6.07) is 20.7. The second-order valence-corrected chi connectivity index (χ2v) is 6.01. The summed E-state index contributed by atoms with van der Waals surface area (Å²) in [5, 5.41) is 8.95. The highest BCUT2D eigenvalue weighted by Gasteiger charge is 2.16. The fourth-order valence-electron chi connectivity index (χ4n) is 2.74. The molecule has 1 amide bonds. The first-order valence-electron chi connectivity index (χ1n) is 8.52. The van der Waals surface area contributed by atoms with Gasteiger partial charge in [0.2, 0.25) is 0 Å². The predicted molar refractivity (Wildman–Crippen MR) is 106 cm³/mol. The summed E-state index contributed by atoms with van der Waals surface area (Å²) in [4.78, 5) is 12.4. The van der Waals surface area contributed by atoms with Crippen LogP contribution in [-0.2, 0) is 0 Å².